The van der Waals surface area contributed by atoms with Gasteiger partial charge in [-0.3, -0.25) is 4.79 Å². The number of hydrogen-bond acceptors (Lipinski definition) is 4. The van der Waals surface area contributed by atoms with E-state index in [1.807, 2.05) is 25.1 Å². The van der Waals surface area contributed by atoms with Crippen molar-refractivity contribution in [2.45, 2.75) is 25.6 Å². The summed E-state index contributed by atoms with van der Waals surface area (Å²) in [5, 5.41) is 3.02. The molecule has 2 rings (SSSR count). The molecule has 5 heteroatoms. The first-order valence-electron chi connectivity index (χ1n) is 8.18. The molecule has 1 amide bonds. The zero-order valence-electron chi connectivity index (χ0n) is 15.2. The molecule has 0 aliphatic carbocycles. The predicted molar refractivity (Wildman–Crippen MR) is 103 cm³/mol. The number of ether oxygens (including phenoxy) is 2. The lowest BCUT2D eigenvalue weighted by molar-refractivity contribution is -0.119. The van der Waals surface area contributed by atoms with Gasteiger partial charge in [0.15, 0.2) is 11.5 Å². The third-order valence-corrected chi connectivity index (χ3v) is 4.91. The number of carbonyl (C=O) groups is 1. The van der Waals surface area contributed by atoms with Crippen molar-refractivity contribution < 1.29 is 14.3 Å². The molecular weight excluding hydrogens is 334 g/mol. The third kappa shape index (κ3) is 5.71. The van der Waals surface area contributed by atoms with Crippen LogP contribution in [0.15, 0.2) is 42.5 Å². The van der Waals surface area contributed by atoms with E-state index in [0.717, 1.165) is 11.3 Å². The van der Waals surface area contributed by atoms with Crippen molar-refractivity contribution in [1.82, 2.24) is 5.32 Å². The molecule has 0 fully saturated rings. The monoisotopic (exact) mass is 359 g/mol. The number of hydrogen-bond donors (Lipinski definition) is 1. The van der Waals surface area contributed by atoms with Gasteiger partial charge < -0.3 is 14.8 Å². The number of amides is 1. The maximum atomic E-state index is 12.2. The van der Waals surface area contributed by atoms with Gasteiger partial charge in [-0.05, 0) is 37.1 Å². The van der Waals surface area contributed by atoms with E-state index in [1.165, 1.54) is 11.1 Å². The fraction of sp³-hybridized carbons (Fsp3) is 0.350. The molecular formula is C20H25NO3S. The van der Waals surface area contributed by atoms with Gasteiger partial charge in [0.25, 0.3) is 0 Å². The second kappa shape index (κ2) is 9.37. The third-order valence-electron chi connectivity index (χ3n) is 3.91. The Balaban J connectivity index is 1.84. The summed E-state index contributed by atoms with van der Waals surface area (Å²) in [6, 6.07) is 14.0. The molecule has 0 heterocycles. The lowest BCUT2D eigenvalue weighted by atomic mass is 10.1. The molecule has 1 N–H and O–H groups in total. The molecule has 0 aliphatic rings. The van der Waals surface area contributed by atoms with Crippen molar-refractivity contribution >= 4 is 17.7 Å². The SMILES string of the molecule is COc1ccc(C(C)NC(=O)CSCc2ccc(C)cc2)cc1OC. The normalized spacial score (nSPS) is 11.7. The average molecular weight is 359 g/mol. The number of benzene rings is 2. The van der Waals surface area contributed by atoms with Gasteiger partial charge in [0.05, 0.1) is 26.0 Å². The molecule has 25 heavy (non-hydrogen) atoms. The molecule has 2 aromatic carbocycles. The van der Waals surface area contributed by atoms with Crippen LogP contribution in [0.2, 0.25) is 0 Å². The minimum absolute atomic E-state index is 0.0272. The summed E-state index contributed by atoms with van der Waals surface area (Å²) < 4.78 is 10.6. The van der Waals surface area contributed by atoms with Crippen LogP contribution in [0, 0.1) is 6.92 Å². The first kappa shape index (κ1) is 19.2. The molecule has 1 unspecified atom stereocenters. The van der Waals surface area contributed by atoms with E-state index in [4.69, 9.17) is 9.47 Å². The predicted octanol–water partition coefficient (Wildman–Crippen LogP) is 4.12. The van der Waals surface area contributed by atoms with Crippen molar-refractivity contribution in [3.63, 3.8) is 0 Å². The van der Waals surface area contributed by atoms with Crippen LogP contribution in [0.5, 0.6) is 11.5 Å². The summed E-state index contributed by atoms with van der Waals surface area (Å²) in [6.45, 7) is 4.03. The van der Waals surface area contributed by atoms with Crippen LogP contribution in [-0.4, -0.2) is 25.9 Å². The summed E-state index contributed by atoms with van der Waals surface area (Å²) in [5.41, 5.74) is 3.46. The molecule has 1 atom stereocenters. The first-order valence-corrected chi connectivity index (χ1v) is 9.33. The van der Waals surface area contributed by atoms with Crippen molar-refractivity contribution in [3.05, 3.63) is 59.2 Å². The lowest BCUT2D eigenvalue weighted by Gasteiger charge is -2.16. The molecule has 2 aromatic rings. The van der Waals surface area contributed by atoms with Gasteiger partial charge in [-0.15, -0.1) is 11.8 Å². The second-order valence-electron chi connectivity index (χ2n) is 5.88. The summed E-state index contributed by atoms with van der Waals surface area (Å²) >= 11 is 1.61. The second-order valence-corrected chi connectivity index (χ2v) is 6.87. The Morgan fingerprint density at radius 2 is 1.76 bits per heavy atom. The van der Waals surface area contributed by atoms with E-state index in [0.29, 0.717) is 17.3 Å². The molecule has 0 bridgehead atoms. The molecule has 0 radical (unpaired) electrons. The zero-order valence-corrected chi connectivity index (χ0v) is 16.0. The van der Waals surface area contributed by atoms with Crippen LogP contribution in [0.4, 0.5) is 0 Å². The fourth-order valence-corrected chi connectivity index (χ4v) is 3.23. The Kier molecular flexibility index (Phi) is 7.19. The van der Waals surface area contributed by atoms with Crippen molar-refractivity contribution in [1.29, 1.82) is 0 Å². The van der Waals surface area contributed by atoms with Crippen molar-refractivity contribution in [2.24, 2.45) is 0 Å². The standard InChI is InChI=1S/C20H25NO3S/c1-14-5-7-16(8-6-14)12-25-13-20(22)21-15(2)17-9-10-18(23-3)19(11-17)24-4/h5-11,15H,12-13H2,1-4H3,(H,21,22). The van der Waals surface area contributed by atoms with Gasteiger partial charge in [0.2, 0.25) is 5.91 Å². The summed E-state index contributed by atoms with van der Waals surface area (Å²) in [6.07, 6.45) is 0. The Bertz CT molecular complexity index is 701. The number of carbonyl (C=O) groups excluding carboxylic acids is 1. The fourth-order valence-electron chi connectivity index (χ4n) is 2.43. The minimum Gasteiger partial charge on any atom is -0.493 e. The largest absolute Gasteiger partial charge is 0.493 e. The van der Waals surface area contributed by atoms with Crippen LogP contribution >= 0.6 is 11.8 Å². The van der Waals surface area contributed by atoms with Crippen LogP contribution in [0.3, 0.4) is 0 Å². The Labute approximate surface area is 153 Å². The van der Waals surface area contributed by atoms with Gasteiger partial charge in [-0.1, -0.05) is 35.9 Å². The summed E-state index contributed by atoms with van der Waals surface area (Å²) in [7, 11) is 3.21. The number of methoxy groups -OCH3 is 2. The number of aryl methyl sites for hydroxylation is 1. The highest BCUT2D eigenvalue weighted by molar-refractivity contribution is 7.99. The van der Waals surface area contributed by atoms with Crippen LogP contribution < -0.4 is 14.8 Å². The average Bonchev–Trinajstić information content (AvgIpc) is 2.62. The van der Waals surface area contributed by atoms with E-state index in [9.17, 15) is 4.79 Å². The maximum Gasteiger partial charge on any atom is 0.230 e. The van der Waals surface area contributed by atoms with E-state index in [2.05, 4.69) is 36.5 Å². The van der Waals surface area contributed by atoms with Crippen molar-refractivity contribution in [2.75, 3.05) is 20.0 Å². The highest BCUT2D eigenvalue weighted by Crippen LogP contribution is 2.29. The number of rotatable bonds is 8. The Morgan fingerprint density at radius 3 is 2.40 bits per heavy atom. The first-order chi connectivity index (χ1) is 12.0. The number of thioether (sulfide) groups is 1. The lowest BCUT2D eigenvalue weighted by Crippen LogP contribution is -2.28. The van der Waals surface area contributed by atoms with Crippen LogP contribution in [-0.2, 0) is 10.5 Å². The van der Waals surface area contributed by atoms with Crippen LogP contribution in [0.25, 0.3) is 0 Å². The van der Waals surface area contributed by atoms with Gasteiger partial charge in [-0.25, -0.2) is 0 Å². The zero-order chi connectivity index (χ0) is 18.2. The highest BCUT2D eigenvalue weighted by atomic mass is 32.2. The summed E-state index contributed by atoms with van der Waals surface area (Å²) in [5.74, 6) is 2.64. The van der Waals surface area contributed by atoms with Gasteiger partial charge in [0, 0.05) is 5.75 Å². The molecule has 0 aromatic heterocycles. The quantitative estimate of drug-likeness (QED) is 0.770. The minimum atomic E-state index is -0.0905. The molecule has 0 aliphatic heterocycles. The van der Waals surface area contributed by atoms with Crippen LogP contribution in [0.1, 0.15) is 29.7 Å². The van der Waals surface area contributed by atoms with Crippen molar-refractivity contribution in [3.8, 4) is 11.5 Å². The van der Waals surface area contributed by atoms with E-state index >= 15 is 0 Å². The molecule has 4 nitrogen and oxygen atoms in total. The smallest absolute Gasteiger partial charge is 0.230 e. The maximum absolute atomic E-state index is 12.2. The Hall–Kier alpha value is -2.14. The van der Waals surface area contributed by atoms with Gasteiger partial charge in [-0.2, -0.15) is 0 Å². The molecule has 0 saturated heterocycles. The number of nitrogens with one attached hydrogen (secondary N) is 1. The topological polar surface area (TPSA) is 47.6 Å². The van der Waals surface area contributed by atoms with E-state index < -0.39 is 0 Å². The van der Waals surface area contributed by atoms with E-state index in [1.54, 1.807) is 26.0 Å². The van der Waals surface area contributed by atoms with Gasteiger partial charge in [0.1, 0.15) is 0 Å². The molecule has 134 valence electrons. The van der Waals surface area contributed by atoms with Gasteiger partial charge >= 0.3 is 0 Å². The molecule has 0 saturated carbocycles. The molecule has 0 spiro atoms. The Morgan fingerprint density at radius 1 is 1.08 bits per heavy atom. The highest BCUT2D eigenvalue weighted by Gasteiger charge is 2.12. The summed E-state index contributed by atoms with van der Waals surface area (Å²) in [4.78, 5) is 12.2. The van der Waals surface area contributed by atoms with E-state index in [-0.39, 0.29) is 11.9 Å².